The van der Waals surface area contributed by atoms with E-state index in [2.05, 4.69) is 0 Å². The quantitative estimate of drug-likeness (QED) is 0.440. The average Bonchev–Trinajstić information content (AvgIpc) is 2.88. The maximum atomic E-state index is 12.8. The molecule has 2 aromatic rings. The maximum Gasteiger partial charge on any atom is 0.292 e. The molecule has 0 aliphatic carbocycles. The fraction of sp³-hybridized carbons (Fsp3) is 0.458. The third kappa shape index (κ3) is 5.39. The number of para-hydroxylation sites is 2. The molecule has 34 heavy (non-hydrogen) atoms. The first-order chi connectivity index (χ1) is 16.4. The number of nitro groups is 1. The summed E-state index contributed by atoms with van der Waals surface area (Å²) in [4.78, 5) is 27.7. The first-order valence-electron chi connectivity index (χ1n) is 11.7. The number of benzene rings is 2. The third-order valence-electron chi connectivity index (χ3n) is 6.56. The Morgan fingerprint density at radius 2 is 1.53 bits per heavy atom. The number of hydrogen-bond donors (Lipinski definition) is 0. The summed E-state index contributed by atoms with van der Waals surface area (Å²) in [5.41, 5.74) is 1.58. The summed E-state index contributed by atoms with van der Waals surface area (Å²) in [7, 11) is -3.45. The molecule has 2 aliphatic heterocycles. The molecule has 182 valence electrons. The van der Waals surface area contributed by atoms with E-state index in [1.165, 1.54) is 6.07 Å². The van der Waals surface area contributed by atoms with Gasteiger partial charge >= 0.3 is 0 Å². The van der Waals surface area contributed by atoms with Crippen molar-refractivity contribution in [1.29, 1.82) is 0 Å². The molecule has 1 amide bonds. The minimum absolute atomic E-state index is 0.0345. The average molecular weight is 487 g/mol. The molecule has 0 radical (unpaired) electrons. The first-order valence-corrected chi connectivity index (χ1v) is 13.2. The lowest BCUT2D eigenvalue weighted by atomic mass is 10.1. The number of rotatable bonds is 7. The van der Waals surface area contributed by atoms with Gasteiger partial charge in [0, 0.05) is 51.8 Å². The summed E-state index contributed by atoms with van der Waals surface area (Å²) >= 11 is 0. The molecule has 0 N–H and O–H groups in total. The van der Waals surface area contributed by atoms with Crippen LogP contribution in [0, 0.1) is 10.1 Å². The zero-order valence-electron chi connectivity index (χ0n) is 19.1. The van der Waals surface area contributed by atoms with Crippen LogP contribution < -0.4 is 4.90 Å². The van der Waals surface area contributed by atoms with Crippen LogP contribution in [0.1, 0.15) is 31.2 Å². The minimum Gasteiger partial charge on any atom is -0.362 e. The molecule has 4 rings (SSSR count). The van der Waals surface area contributed by atoms with Gasteiger partial charge in [-0.15, -0.1) is 0 Å². The van der Waals surface area contributed by atoms with Crippen molar-refractivity contribution in [3.63, 3.8) is 0 Å². The fourth-order valence-electron chi connectivity index (χ4n) is 4.57. The predicted octanol–water partition coefficient (Wildman–Crippen LogP) is 3.05. The minimum atomic E-state index is -3.45. The van der Waals surface area contributed by atoms with Crippen LogP contribution in [0.4, 0.5) is 11.4 Å². The molecular formula is C24H30N4O5S. The smallest absolute Gasteiger partial charge is 0.292 e. The highest BCUT2D eigenvalue weighted by atomic mass is 32.2. The van der Waals surface area contributed by atoms with Gasteiger partial charge < -0.3 is 9.80 Å². The molecule has 2 heterocycles. The Bertz CT molecular complexity index is 1120. The molecule has 2 aliphatic rings. The molecule has 0 unspecified atom stereocenters. The highest BCUT2D eigenvalue weighted by Gasteiger charge is 2.27. The van der Waals surface area contributed by atoms with Gasteiger partial charge in [0.2, 0.25) is 15.9 Å². The normalized spacial score (nSPS) is 17.5. The Labute approximate surface area is 200 Å². The summed E-state index contributed by atoms with van der Waals surface area (Å²) in [5, 5.41) is 11.3. The Kier molecular flexibility index (Phi) is 7.47. The van der Waals surface area contributed by atoms with Gasteiger partial charge in [0.15, 0.2) is 0 Å². The van der Waals surface area contributed by atoms with Crippen molar-refractivity contribution in [2.24, 2.45) is 0 Å². The standard InChI is InChI=1S/C24H30N4O5S/c29-24(26-18-16-25(17-19-26)22-6-2-3-7-23(22)28(30)31)13-10-20-8-11-21(12-9-20)34(32,33)27-14-4-1-5-15-27/h2-3,6-9,11-12H,1,4-5,10,13-19H2. The van der Waals surface area contributed by atoms with Crippen molar-refractivity contribution in [3.05, 3.63) is 64.2 Å². The number of nitrogens with zero attached hydrogens (tertiary/aromatic N) is 4. The van der Waals surface area contributed by atoms with Crippen LogP contribution in [0.5, 0.6) is 0 Å². The van der Waals surface area contributed by atoms with Crippen molar-refractivity contribution < 1.29 is 18.1 Å². The lowest BCUT2D eigenvalue weighted by Gasteiger charge is -2.35. The van der Waals surface area contributed by atoms with Gasteiger partial charge in [-0.2, -0.15) is 4.31 Å². The SMILES string of the molecule is O=C(CCc1ccc(S(=O)(=O)N2CCCCC2)cc1)N1CCN(c2ccccc2[N+](=O)[O-])CC1. The van der Waals surface area contributed by atoms with Gasteiger partial charge in [-0.3, -0.25) is 14.9 Å². The van der Waals surface area contributed by atoms with Crippen molar-refractivity contribution in [2.45, 2.75) is 37.0 Å². The van der Waals surface area contributed by atoms with Gasteiger partial charge in [0.1, 0.15) is 5.69 Å². The van der Waals surface area contributed by atoms with E-state index in [9.17, 15) is 23.3 Å². The predicted molar refractivity (Wildman–Crippen MR) is 129 cm³/mol. The summed E-state index contributed by atoms with van der Waals surface area (Å²) in [6.45, 7) is 3.25. The van der Waals surface area contributed by atoms with E-state index in [1.807, 2.05) is 4.90 Å². The second-order valence-electron chi connectivity index (χ2n) is 8.72. The van der Waals surface area contributed by atoms with E-state index < -0.39 is 10.0 Å². The van der Waals surface area contributed by atoms with Crippen molar-refractivity contribution in [2.75, 3.05) is 44.2 Å². The molecule has 2 saturated heterocycles. The van der Waals surface area contributed by atoms with Gasteiger partial charge in [0.25, 0.3) is 5.69 Å². The Morgan fingerprint density at radius 3 is 2.18 bits per heavy atom. The van der Waals surface area contributed by atoms with Crippen LogP contribution in [-0.2, 0) is 21.2 Å². The zero-order valence-corrected chi connectivity index (χ0v) is 20.0. The van der Waals surface area contributed by atoms with Crippen molar-refractivity contribution >= 4 is 27.3 Å². The van der Waals surface area contributed by atoms with Crippen LogP contribution in [0.15, 0.2) is 53.4 Å². The zero-order chi connectivity index (χ0) is 24.1. The molecule has 2 fully saturated rings. The second kappa shape index (κ2) is 10.5. The van der Waals surface area contributed by atoms with Crippen LogP contribution in [0.3, 0.4) is 0 Å². The molecule has 0 aromatic heterocycles. The van der Waals surface area contributed by atoms with E-state index in [0.717, 1.165) is 24.8 Å². The number of aryl methyl sites for hydroxylation is 1. The van der Waals surface area contributed by atoms with Crippen molar-refractivity contribution in [3.8, 4) is 0 Å². The van der Waals surface area contributed by atoms with E-state index in [-0.39, 0.29) is 16.5 Å². The molecule has 0 saturated carbocycles. The number of hydrogen-bond acceptors (Lipinski definition) is 6. The number of amides is 1. The molecule has 0 spiro atoms. The number of nitro benzene ring substituents is 1. The molecule has 10 heteroatoms. The van der Waals surface area contributed by atoms with Crippen LogP contribution in [0.25, 0.3) is 0 Å². The molecule has 0 bridgehead atoms. The highest BCUT2D eigenvalue weighted by Crippen LogP contribution is 2.28. The lowest BCUT2D eigenvalue weighted by Crippen LogP contribution is -2.49. The molecular weight excluding hydrogens is 456 g/mol. The van der Waals surface area contributed by atoms with E-state index in [1.54, 1.807) is 51.7 Å². The topological polar surface area (TPSA) is 104 Å². The van der Waals surface area contributed by atoms with E-state index in [0.29, 0.717) is 62.7 Å². The molecule has 2 aromatic carbocycles. The van der Waals surface area contributed by atoms with Crippen LogP contribution in [0.2, 0.25) is 0 Å². The van der Waals surface area contributed by atoms with Gasteiger partial charge in [-0.25, -0.2) is 8.42 Å². The first kappa shape index (κ1) is 24.2. The van der Waals surface area contributed by atoms with Crippen molar-refractivity contribution in [1.82, 2.24) is 9.21 Å². The lowest BCUT2D eigenvalue weighted by molar-refractivity contribution is -0.384. The number of piperazine rings is 1. The number of anilines is 1. The van der Waals surface area contributed by atoms with Gasteiger partial charge in [-0.1, -0.05) is 30.7 Å². The summed E-state index contributed by atoms with van der Waals surface area (Å²) in [5.74, 6) is 0.0345. The summed E-state index contributed by atoms with van der Waals surface area (Å²) in [6, 6.07) is 13.5. The number of carbonyl (C=O) groups is 1. The third-order valence-corrected chi connectivity index (χ3v) is 8.47. The van der Waals surface area contributed by atoms with Crippen LogP contribution in [-0.4, -0.2) is 67.7 Å². The Balaban J connectivity index is 1.29. The molecule has 9 nitrogen and oxygen atoms in total. The Hall–Kier alpha value is -2.98. The van der Waals surface area contributed by atoms with E-state index >= 15 is 0 Å². The summed E-state index contributed by atoms with van der Waals surface area (Å²) in [6.07, 6.45) is 3.74. The number of sulfonamides is 1. The number of piperidine rings is 1. The largest absolute Gasteiger partial charge is 0.362 e. The number of carbonyl (C=O) groups excluding carboxylic acids is 1. The highest BCUT2D eigenvalue weighted by molar-refractivity contribution is 7.89. The molecule has 0 atom stereocenters. The van der Waals surface area contributed by atoms with Gasteiger partial charge in [0.05, 0.1) is 9.82 Å². The van der Waals surface area contributed by atoms with E-state index in [4.69, 9.17) is 0 Å². The Morgan fingerprint density at radius 1 is 0.882 bits per heavy atom. The van der Waals surface area contributed by atoms with Crippen LogP contribution >= 0.6 is 0 Å². The second-order valence-corrected chi connectivity index (χ2v) is 10.7. The fourth-order valence-corrected chi connectivity index (χ4v) is 6.09. The van der Waals surface area contributed by atoms with Gasteiger partial charge in [-0.05, 0) is 43.0 Å². The summed E-state index contributed by atoms with van der Waals surface area (Å²) < 4.78 is 27.1. The monoisotopic (exact) mass is 486 g/mol. The maximum absolute atomic E-state index is 12.8.